The molecule has 11 aromatic carbocycles. The zero-order valence-corrected chi connectivity index (χ0v) is 46.9. The predicted molar refractivity (Wildman–Crippen MR) is 352 cm³/mol. The Morgan fingerprint density at radius 3 is 1.06 bits per heavy atom. The molecule has 0 N–H and O–H groups in total. The fourth-order valence-electron chi connectivity index (χ4n) is 12.0. The fourth-order valence-corrected chi connectivity index (χ4v) is 12.0. The smallest absolute Gasteiger partial charge is 0.187 e. The summed E-state index contributed by atoms with van der Waals surface area (Å²) in [5.74, 6) is 1.58. The summed E-state index contributed by atoms with van der Waals surface area (Å²) in [6, 6.07) is 92.0. The molecule has 0 saturated heterocycles. The van der Waals surface area contributed by atoms with E-state index >= 15 is 0 Å². The van der Waals surface area contributed by atoms with Gasteiger partial charge in [0.1, 0.15) is 0 Å². The van der Waals surface area contributed by atoms with Gasteiger partial charge < -0.3 is 9.13 Å². The number of nitrogens with zero attached hydrogens (tertiary/aromatic N) is 10. The zero-order chi connectivity index (χ0) is 59.2. The molecule has 4 aromatic heterocycles. The van der Waals surface area contributed by atoms with E-state index in [1.807, 2.05) is 170 Å². The third-order valence-electron chi connectivity index (χ3n) is 16.4. The lowest BCUT2D eigenvalue weighted by atomic mass is 9.99. The fraction of sp³-hybridized carbons (Fsp3) is 0. The van der Waals surface area contributed by atoms with Crippen LogP contribution in [0.2, 0.25) is 0 Å². The van der Waals surface area contributed by atoms with E-state index in [4.69, 9.17) is 33.1 Å². The van der Waals surface area contributed by atoms with E-state index in [0.717, 1.165) is 122 Å². The van der Waals surface area contributed by atoms with Crippen molar-refractivity contribution in [3.05, 3.63) is 301 Å². The lowest BCUT2D eigenvalue weighted by Crippen LogP contribution is -2.04. The minimum Gasteiger partial charge on any atom is -0.309 e. The maximum Gasteiger partial charge on any atom is 0.187 e. The summed E-state index contributed by atoms with van der Waals surface area (Å²) in [4.78, 5) is 28.3. The largest absolute Gasteiger partial charge is 0.309 e. The molecule has 0 radical (unpaired) electrons. The molecule has 406 valence electrons. The second kappa shape index (κ2) is 21.7. The van der Waals surface area contributed by atoms with Crippen LogP contribution in [-0.2, 0) is 0 Å². The predicted octanol–water partition coefficient (Wildman–Crippen LogP) is 19.6. The first-order valence-corrected chi connectivity index (χ1v) is 28.5. The van der Waals surface area contributed by atoms with Crippen molar-refractivity contribution in [2.24, 2.45) is 0 Å². The molecule has 0 saturated carbocycles. The van der Waals surface area contributed by atoms with Crippen LogP contribution in [0.5, 0.6) is 0 Å². The van der Waals surface area contributed by atoms with E-state index in [1.165, 1.54) is 0 Å². The van der Waals surface area contributed by atoms with Crippen LogP contribution < -0.4 is 0 Å². The summed E-state index contributed by atoms with van der Waals surface area (Å²) < 4.78 is 4.64. The summed E-state index contributed by atoms with van der Waals surface area (Å²) in [6.07, 6.45) is 1.85. The van der Waals surface area contributed by atoms with Gasteiger partial charge in [-0.3, -0.25) is 4.98 Å². The summed E-state index contributed by atoms with van der Waals surface area (Å²) in [6.45, 7) is 15.3. The number of rotatable bonds is 10. The van der Waals surface area contributed by atoms with Crippen LogP contribution in [-0.4, -0.2) is 29.1 Å². The lowest BCUT2D eigenvalue weighted by molar-refractivity contribution is 1.07. The molecule has 0 fully saturated rings. The molecule has 10 nitrogen and oxygen atoms in total. The van der Waals surface area contributed by atoms with E-state index < -0.39 is 0 Å². The highest BCUT2D eigenvalue weighted by molar-refractivity contribution is 6.14. The second-order valence-electron chi connectivity index (χ2n) is 21.4. The topological polar surface area (TPSA) is 118 Å². The monoisotopic (exact) mass is 1120 g/mol. The van der Waals surface area contributed by atoms with Crippen LogP contribution in [0.15, 0.2) is 267 Å². The molecule has 10 heteroatoms. The SMILES string of the molecule is [C-]#[N+]c1ccc(-c2ccc3c(c2)c2cc(-c4ccc([N+]#[C-])cc4)ccc2n3-c2ccc(-c3nc(-c4ccccc4)nc(-c4ccccc4)n3)cc2-c2ncccc2-n2c3ccc(-c4ccc(C#N)cc4)cc3c3cc(-c4ccc(C#N)cc4)ccc32)cc1. The Balaban J connectivity index is 1.01. The minimum atomic E-state index is 0.491. The Bertz CT molecular complexity index is 5160. The maximum absolute atomic E-state index is 9.70. The van der Waals surface area contributed by atoms with Crippen LogP contribution in [0.4, 0.5) is 11.4 Å². The Morgan fingerprint density at radius 2 is 0.670 bits per heavy atom. The molecule has 15 rings (SSSR count). The number of nitriles is 2. The molecule has 0 bridgehead atoms. The highest BCUT2D eigenvalue weighted by atomic mass is 15.0. The van der Waals surface area contributed by atoms with Gasteiger partial charge in [-0.2, -0.15) is 10.5 Å². The summed E-state index contributed by atoms with van der Waals surface area (Å²) in [5, 5.41) is 23.5. The van der Waals surface area contributed by atoms with Crippen LogP contribution in [0.25, 0.3) is 155 Å². The minimum absolute atomic E-state index is 0.491. The molecule has 15 aromatic rings. The van der Waals surface area contributed by atoms with Gasteiger partial charge >= 0.3 is 0 Å². The van der Waals surface area contributed by atoms with Gasteiger partial charge in [-0.15, -0.1) is 0 Å². The molecular weight excluding hydrogens is 1080 g/mol. The molecule has 0 amide bonds. The first-order chi connectivity index (χ1) is 43.4. The van der Waals surface area contributed by atoms with Crippen molar-refractivity contribution in [1.82, 2.24) is 29.1 Å². The van der Waals surface area contributed by atoms with Gasteiger partial charge in [-0.1, -0.05) is 158 Å². The molecule has 0 aliphatic heterocycles. The van der Waals surface area contributed by atoms with Crippen molar-refractivity contribution in [3.8, 4) is 113 Å². The van der Waals surface area contributed by atoms with E-state index in [0.29, 0.717) is 45.7 Å². The number of fused-ring (bicyclic) bond motifs is 6. The lowest BCUT2D eigenvalue weighted by Gasteiger charge is -2.19. The first kappa shape index (κ1) is 52.0. The van der Waals surface area contributed by atoms with Gasteiger partial charge in [0.05, 0.1) is 75.5 Å². The highest BCUT2D eigenvalue weighted by Crippen LogP contribution is 2.45. The Hall–Kier alpha value is -12.9. The normalized spacial score (nSPS) is 11.1. The zero-order valence-electron chi connectivity index (χ0n) is 46.9. The van der Waals surface area contributed by atoms with Crippen molar-refractivity contribution in [2.45, 2.75) is 0 Å². The molecule has 88 heavy (non-hydrogen) atoms. The van der Waals surface area contributed by atoms with Crippen molar-refractivity contribution < 1.29 is 0 Å². The van der Waals surface area contributed by atoms with E-state index in [9.17, 15) is 10.5 Å². The average Bonchev–Trinajstić information content (AvgIpc) is 1.59. The quantitative estimate of drug-likeness (QED) is 0.126. The second-order valence-corrected chi connectivity index (χ2v) is 21.4. The summed E-state index contributed by atoms with van der Waals surface area (Å²) in [5.41, 5.74) is 19.8. The van der Waals surface area contributed by atoms with Gasteiger partial charge in [0.25, 0.3) is 0 Å². The summed E-state index contributed by atoms with van der Waals surface area (Å²) in [7, 11) is 0. The molecular formula is C78H44N10. The Labute approximate surface area is 506 Å². The summed E-state index contributed by atoms with van der Waals surface area (Å²) >= 11 is 0. The van der Waals surface area contributed by atoms with Crippen LogP contribution >= 0.6 is 0 Å². The number of benzene rings is 11. The molecule has 4 heterocycles. The van der Waals surface area contributed by atoms with Crippen molar-refractivity contribution in [2.75, 3.05) is 0 Å². The number of hydrogen-bond donors (Lipinski definition) is 0. The standard InChI is InChI=1S/C78H44N10/c1-81-62-32-23-53(24-33-62)59-27-36-69-64(44-59)65-45-60(54-25-34-63(82-2)35-26-54)28-37-70(65)87(69)73-40-31-61(78-85-76(55-10-5-3-6-11-55)84-77(86-78)56-12-7-4-8-13-56)46-68(73)75-74(14-9-41-83-75)88-71-38-29-57(51-19-15-49(47-79)16-20-51)42-66(71)67-43-58(30-39-72(67)88)52-21-17-50(48-80)18-22-52/h3-46H. The number of pyridine rings is 1. The van der Waals surface area contributed by atoms with Gasteiger partial charge in [-0.25, -0.2) is 24.6 Å². The van der Waals surface area contributed by atoms with Gasteiger partial charge in [-0.05, 0) is 148 Å². The van der Waals surface area contributed by atoms with Crippen molar-refractivity contribution in [1.29, 1.82) is 10.5 Å². The van der Waals surface area contributed by atoms with Crippen molar-refractivity contribution >= 4 is 55.0 Å². The highest BCUT2D eigenvalue weighted by Gasteiger charge is 2.25. The van der Waals surface area contributed by atoms with E-state index in [2.05, 4.69) is 128 Å². The van der Waals surface area contributed by atoms with Gasteiger partial charge in [0.2, 0.25) is 0 Å². The molecule has 0 spiro atoms. The Morgan fingerprint density at radius 1 is 0.318 bits per heavy atom. The van der Waals surface area contributed by atoms with E-state index in [1.54, 1.807) is 0 Å². The molecule has 0 aliphatic rings. The third kappa shape index (κ3) is 9.22. The first-order valence-electron chi connectivity index (χ1n) is 28.5. The molecule has 0 unspecified atom stereocenters. The maximum atomic E-state index is 9.70. The third-order valence-corrected chi connectivity index (χ3v) is 16.4. The number of aromatic nitrogens is 6. The average molecular weight is 1120 g/mol. The molecule has 0 aliphatic carbocycles. The van der Waals surface area contributed by atoms with Crippen LogP contribution in [0, 0.1) is 35.8 Å². The Kier molecular flexibility index (Phi) is 12.8. The van der Waals surface area contributed by atoms with E-state index in [-0.39, 0.29) is 0 Å². The van der Waals surface area contributed by atoms with Crippen LogP contribution in [0.1, 0.15) is 11.1 Å². The van der Waals surface area contributed by atoms with Crippen molar-refractivity contribution in [3.63, 3.8) is 0 Å². The van der Waals surface area contributed by atoms with Gasteiger partial charge in [0, 0.05) is 50.0 Å². The number of hydrogen-bond acceptors (Lipinski definition) is 6. The van der Waals surface area contributed by atoms with Crippen LogP contribution in [0.3, 0.4) is 0 Å². The van der Waals surface area contributed by atoms with Gasteiger partial charge in [0.15, 0.2) is 28.8 Å². The molecule has 0 atom stereocenters.